The number of benzene rings is 2. The van der Waals surface area contributed by atoms with E-state index in [9.17, 15) is 14.4 Å². The van der Waals surface area contributed by atoms with Gasteiger partial charge in [-0.25, -0.2) is 4.98 Å². The average Bonchev–Trinajstić information content (AvgIpc) is 3.14. The van der Waals surface area contributed by atoms with Gasteiger partial charge in [-0.15, -0.1) is 0 Å². The quantitative estimate of drug-likeness (QED) is 0.630. The zero-order chi connectivity index (χ0) is 22.9. The fraction of sp³-hybridized carbons (Fsp3) is 0.200. The van der Waals surface area contributed by atoms with E-state index in [2.05, 4.69) is 10.3 Å². The highest BCUT2D eigenvalue weighted by Crippen LogP contribution is 2.45. The van der Waals surface area contributed by atoms with Gasteiger partial charge < -0.3 is 15.0 Å². The van der Waals surface area contributed by atoms with Crippen molar-refractivity contribution in [3.8, 4) is 5.88 Å². The van der Waals surface area contributed by atoms with Crippen LogP contribution in [0.1, 0.15) is 45.3 Å². The normalized spacial score (nSPS) is 16.2. The second kappa shape index (κ2) is 8.38. The highest BCUT2D eigenvalue weighted by atomic mass is 16.5. The van der Waals surface area contributed by atoms with E-state index >= 15 is 0 Å². The van der Waals surface area contributed by atoms with E-state index in [0.717, 1.165) is 5.56 Å². The van der Waals surface area contributed by atoms with Crippen LogP contribution in [0.3, 0.4) is 0 Å². The van der Waals surface area contributed by atoms with Crippen molar-refractivity contribution in [2.45, 2.75) is 19.0 Å². The van der Waals surface area contributed by atoms with Crippen molar-refractivity contribution in [3.05, 3.63) is 83.6 Å². The van der Waals surface area contributed by atoms with Crippen molar-refractivity contribution >= 4 is 29.1 Å². The van der Waals surface area contributed by atoms with Crippen LogP contribution >= 0.6 is 0 Å². The zero-order valence-electron chi connectivity index (χ0n) is 18.0. The van der Waals surface area contributed by atoms with Crippen LogP contribution in [0.15, 0.2) is 66.9 Å². The Bertz CT molecular complexity index is 1260. The number of carbonyl (C=O) groups is 3. The molecule has 0 bridgehead atoms. The number of pyridine rings is 1. The number of para-hydroxylation sites is 1. The SMILES string of the molecule is COc1ncccc1NC(=O)CCCN1C(=O)c2ccccc2N2C(=O)c3ccccc3[C@@H]12. The number of hydrogen-bond donors (Lipinski definition) is 1. The summed E-state index contributed by atoms with van der Waals surface area (Å²) in [4.78, 5) is 46.5. The molecule has 0 spiro atoms. The third kappa shape index (κ3) is 3.49. The van der Waals surface area contributed by atoms with Crippen LogP contribution in [-0.4, -0.2) is 41.3 Å². The van der Waals surface area contributed by atoms with Gasteiger partial charge >= 0.3 is 0 Å². The van der Waals surface area contributed by atoms with Crippen LogP contribution in [0.2, 0.25) is 0 Å². The predicted molar refractivity (Wildman–Crippen MR) is 122 cm³/mol. The molecule has 1 N–H and O–H groups in total. The number of hydrogen-bond acceptors (Lipinski definition) is 5. The van der Waals surface area contributed by atoms with E-state index in [1.165, 1.54) is 7.11 Å². The third-order valence-electron chi connectivity index (χ3n) is 5.92. The Morgan fingerprint density at radius 2 is 1.76 bits per heavy atom. The largest absolute Gasteiger partial charge is 0.480 e. The molecule has 2 aliphatic heterocycles. The van der Waals surface area contributed by atoms with E-state index in [4.69, 9.17) is 4.74 Å². The van der Waals surface area contributed by atoms with E-state index in [0.29, 0.717) is 41.3 Å². The lowest BCUT2D eigenvalue weighted by Crippen LogP contribution is -2.48. The van der Waals surface area contributed by atoms with E-state index in [1.54, 1.807) is 52.4 Å². The minimum absolute atomic E-state index is 0.123. The molecule has 0 saturated carbocycles. The highest BCUT2D eigenvalue weighted by Gasteiger charge is 2.47. The summed E-state index contributed by atoms with van der Waals surface area (Å²) < 4.78 is 5.17. The maximum absolute atomic E-state index is 13.4. The van der Waals surface area contributed by atoms with Gasteiger partial charge in [-0.05, 0) is 36.8 Å². The van der Waals surface area contributed by atoms with Gasteiger partial charge in [0.1, 0.15) is 11.9 Å². The molecular weight excluding hydrogens is 420 g/mol. The van der Waals surface area contributed by atoms with E-state index < -0.39 is 6.17 Å². The van der Waals surface area contributed by atoms with Gasteiger partial charge in [0.05, 0.1) is 18.4 Å². The minimum atomic E-state index is -0.516. The molecule has 3 amide bonds. The molecule has 0 radical (unpaired) electrons. The van der Waals surface area contributed by atoms with E-state index in [1.807, 2.05) is 24.3 Å². The number of methoxy groups -OCH3 is 1. The molecule has 5 rings (SSSR count). The van der Waals surface area contributed by atoms with Crippen LogP contribution < -0.4 is 15.0 Å². The smallest absolute Gasteiger partial charge is 0.260 e. The lowest BCUT2D eigenvalue weighted by Gasteiger charge is -2.41. The molecule has 2 aromatic carbocycles. The predicted octanol–water partition coefficient (Wildman–Crippen LogP) is 3.62. The molecule has 3 heterocycles. The van der Waals surface area contributed by atoms with Crippen molar-refractivity contribution in [1.29, 1.82) is 0 Å². The number of carbonyl (C=O) groups excluding carboxylic acids is 3. The van der Waals surface area contributed by atoms with Gasteiger partial charge in [0, 0.05) is 30.3 Å². The lowest BCUT2D eigenvalue weighted by molar-refractivity contribution is -0.116. The Morgan fingerprint density at radius 1 is 1.00 bits per heavy atom. The Hall–Kier alpha value is -4.20. The summed E-state index contributed by atoms with van der Waals surface area (Å²) in [7, 11) is 1.49. The molecule has 0 saturated heterocycles. The summed E-state index contributed by atoms with van der Waals surface area (Å²) in [6.07, 6.45) is 1.70. The molecule has 0 fully saturated rings. The van der Waals surface area contributed by atoms with Gasteiger partial charge in [0.2, 0.25) is 11.8 Å². The number of aromatic nitrogens is 1. The first-order valence-corrected chi connectivity index (χ1v) is 10.7. The number of fused-ring (bicyclic) bond motifs is 5. The van der Waals surface area contributed by atoms with Crippen LogP contribution in [0.4, 0.5) is 11.4 Å². The maximum Gasteiger partial charge on any atom is 0.260 e. The van der Waals surface area contributed by atoms with Gasteiger partial charge in [-0.3, -0.25) is 19.3 Å². The molecule has 8 nitrogen and oxygen atoms in total. The average molecular weight is 442 g/mol. The second-order valence-electron chi connectivity index (χ2n) is 7.86. The monoisotopic (exact) mass is 442 g/mol. The maximum atomic E-state index is 13.4. The molecule has 2 aliphatic rings. The van der Waals surface area contributed by atoms with Gasteiger partial charge in [0.15, 0.2) is 0 Å². The van der Waals surface area contributed by atoms with Crippen molar-refractivity contribution in [2.24, 2.45) is 0 Å². The topological polar surface area (TPSA) is 91.8 Å². The summed E-state index contributed by atoms with van der Waals surface area (Å²) in [5.74, 6) is -0.135. The first-order chi connectivity index (χ1) is 16.1. The fourth-order valence-corrected chi connectivity index (χ4v) is 4.47. The molecular formula is C25H22N4O4. The molecule has 166 valence electrons. The van der Waals surface area contributed by atoms with Gasteiger partial charge in [0.25, 0.3) is 11.8 Å². The van der Waals surface area contributed by atoms with Crippen molar-refractivity contribution < 1.29 is 19.1 Å². The molecule has 0 aliphatic carbocycles. The minimum Gasteiger partial charge on any atom is -0.480 e. The first-order valence-electron chi connectivity index (χ1n) is 10.7. The number of amides is 3. The van der Waals surface area contributed by atoms with Crippen molar-refractivity contribution in [1.82, 2.24) is 9.88 Å². The number of rotatable bonds is 6. The molecule has 0 unspecified atom stereocenters. The Kier molecular flexibility index (Phi) is 5.26. The summed E-state index contributed by atoms with van der Waals surface area (Å²) in [5, 5.41) is 2.80. The standard InChI is InChI=1S/C25H22N4O4/c1-33-22-19(11-6-14-26-22)27-21(30)13-7-15-28-23-16-8-2-3-9-17(16)25(32)29(23)20-12-5-4-10-18(20)24(28)31/h2-6,8-12,14,23H,7,13,15H2,1H3,(H,27,30)/t23-/m0/s1. The molecule has 33 heavy (non-hydrogen) atoms. The van der Waals surface area contributed by atoms with Crippen LogP contribution in [-0.2, 0) is 4.79 Å². The third-order valence-corrected chi connectivity index (χ3v) is 5.92. The fourth-order valence-electron chi connectivity index (χ4n) is 4.47. The number of nitrogens with zero attached hydrogens (tertiary/aromatic N) is 3. The van der Waals surface area contributed by atoms with Crippen molar-refractivity contribution in [3.63, 3.8) is 0 Å². The molecule has 3 aromatic rings. The summed E-state index contributed by atoms with van der Waals surface area (Å²) in [5.41, 5.74) is 2.99. The number of ether oxygens (including phenoxy) is 1. The number of nitrogens with one attached hydrogen (secondary N) is 1. The zero-order valence-corrected chi connectivity index (χ0v) is 18.0. The van der Waals surface area contributed by atoms with Crippen molar-refractivity contribution in [2.75, 3.05) is 23.9 Å². The molecule has 1 atom stereocenters. The summed E-state index contributed by atoms with van der Waals surface area (Å²) in [6, 6.07) is 17.9. The Labute approximate surface area is 190 Å². The molecule has 8 heteroatoms. The number of anilines is 2. The van der Waals surface area contributed by atoms with Crippen LogP contribution in [0.5, 0.6) is 5.88 Å². The summed E-state index contributed by atoms with van der Waals surface area (Å²) >= 11 is 0. The van der Waals surface area contributed by atoms with Gasteiger partial charge in [-0.2, -0.15) is 0 Å². The Morgan fingerprint density at radius 3 is 2.58 bits per heavy atom. The second-order valence-corrected chi connectivity index (χ2v) is 7.86. The van der Waals surface area contributed by atoms with Gasteiger partial charge in [-0.1, -0.05) is 30.3 Å². The van der Waals surface area contributed by atoms with Crippen LogP contribution in [0.25, 0.3) is 0 Å². The van der Waals surface area contributed by atoms with E-state index in [-0.39, 0.29) is 24.1 Å². The Balaban J connectivity index is 1.36. The highest BCUT2D eigenvalue weighted by molar-refractivity contribution is 6.16. The first kappa shape index (κ1) is 20.7. The van der Waals surface area contributed by atoms with Crippen LogP contribution in [0, 0.1) is 0 Å². The molecule has 1 aromatic heterocycles. The lowest BCUT2D eigenvalue weighted by atomic mass is 10.0. The summed E-state index contributed by atoms with van der Waals surface area (Å²) in [6.45, 7) is 0.327.